The number of hydrogen-bond donors (Lipinski definition) is 2. The van der Waals surface area contributed by atoms with Crippen molar-refractivity contribution in [1.82, 2.24) is 0 Å². The van der Waals surface area contributed by atoms with Crippen molar-refractivity contribution in [2.75, 3.05) is 6.54 Å². The molecule has 1 aromatic carbocycles. The molecule has 0 aliphatic carbocycles. The predicted octanol–water partition coefficient (Wildman–Crippen LogP) is 2.72. The lowest BCUT2D eigenvalue weighted by molar-refractivity contribution is 0.575. The highest BCUT2D eigenvalue weighted by molar-refractivity contribution is 9.10. The van der Waals surface area contributed by atoms with E-state index in [1.807, 2.05) is 6.07 Å². The van der Waals surface area contributed by atoms with Crippen molar-refractivity contribution >= 4 is 15.9 Å². The third-order valence-corrected chi connectivity index (χ3v) is 3.19. The van der Waals surface area contributed by atoms with Gasteiger partial charge in [-0.2, -0.15) is 0 Å². The molecule has 2 nitrogen and oxygen atoms in total. The maximum Gasteiger partial charge on any atom is 0.137 e. The van der Waals surface area contributed by atoms with Gasteiger partial charge in [0.05, 0.1) is 4.47 Å². The minimum atomic E-state index is -0.262. The Balaban J connectivity index is 2.65. The van der Waals surface area contributed by atoms with E-state index in [2.05, 4.69) is 15.9 Å². The normalized spacial score (nSPS) is 12.8. The first kappa shape index (κ1) is 12.6. The van der Waals surface area contributed by atoms with E-state index in [9.17, 15) is 4.39 Å². The number of nitrogens with two attached hydrogens (primary N) is 2. The van der Waals surface area contributed by atoms with Gasteiger partial charge in [0.25, 0.3) is 0 Å². The van der Waals surface area contributed by atoms with Crippen molar-refractivity contribution in [2.45, 2.75) is 25.3 Å². The molecule has 0 spiro atoms. The van der Waals surface area contributed by atoms with Crippen molar-refractivity contribution in [3.63, 3.8) is 0 Å². The Bertz CT molecular complexity index is 317. The maximum absolute atomic E-state index is 13.2. The fourth-order valence-electron chi connectivity index (χ4n) is 1.47. The van der Waals surface area contributed by atoms with Gasteiger partial charge in [-0.3, -0.25) is 0 Å². The van der Waals surface area contributed by atoms with Crippen LogP contribution in [-0.4, -0.2) is 6.54 Å². The molecule has 0 fully saturated rings. The molecule has 0 radical (unpaired) electrons. The van der Waals surface area contributed by atoms with Crippen molar-refractivity contribution in [3.8, 4) is 0 Å². The van der Waals surface area contributed by atoms with Crippen LogP contribution in [0.15, 0.2) is 22.7 Å². The van der Waals surface area contributed by atoms with Gasteiger partial charge in [-0.1, -0.05) is 18.6 Å². The molecule has 0 unspecified atom stereocenters. The first-order chi connectivity index (χ1) is 7.16. The van der Waals surface area contributed by atoms with Gasteiger partial charge in [0.15, 0.2) is 0 Å². The summed E-state index contributed by atoms with van der Waals surface area (Å²) in [6, 6.07) is 4.82. The second-order valence-corrected chi connectivity index (χ2v) is 4.33. The summed E-state index contributed by atoms with van der Waals surface area (Å²) in [6.45, 7) is 0.678. The van der Waals surface area contributed by atoms with E-state index in [-0.39, 0.29) is 11.9 Å². The highest BCUT2D eigenvalue weighted by Crippen LogP contribution is 2.27. The van der Waals surface area contributed by atoms with Crippen LogP contribution in [0.25, 0.3) is 0 Å². The molecule has 4 N–H and O–H groups in total. The van der Waals surface area contributed by atoms with Gasteiger partial charge in [0, 0.05) is 6.04 Å². The van der Waals surface area contributed by atoms with Crippen molar-refractivity contribution in [2.24, 2.45) is 11.5 Å². The Morgan fingerprint density at radius 3 is 2.73 bits per heavy atom. The Hall–Kier alpha value is -0.450. The lowest BCUT2D eigenvalue weighted by Crippen LogP contribution is -2.12. The van der Waals surface area contributed by atoms with Gasteiger partial charge in [-0.15, -0.1) is 0 Å². The van der Waals surface area contributed by atoms with E-state index in [0.29, 0.717) is 11.0 Å². The summed E-state index contributed by atoms with van der Waals surface area (Å²) in [7, 11) is 0. The van der Waals surface area contributed by atoms with Crippen LogP contribution >= 0.6 is 15.9 Å². The van der Waals surface area contributed by atoms with Gasteiger partial charge in [0.2, 0.25) is 0 Å². The minimum absolute atomic E-state index is 0.123. The number of rotatable bonds is 5. The molecule has 1 rings (SSSR count). The predicted molar refractivity (Wildman–Crippen MR) is 63.9 cm³/mol. The van der Waals surface area contributed by atoms with Gasteiger partial charge < -0.3 is 11.5 Å². The van der Waals surface area contributed by atoms with Crippen LogP contribution in [0.1, 0.15) is 30.9 Å². The van der Waals surface area contributed by atoms with Gasteiger partial charge in [-0.05, 0) is 46.9 Å². The molecule has 1 aromatic rings. The van der Waals surface area contributed by atoms with Crippen LogP contribution in [0.2, 0.25) is 0 Å². The Morgan fingerprint density at radius 1 is 1.33 bits per heavy atom. The first-order valence-corrected chi connectivity index (χ1v) is 5.85. The van der Waals surface area contributed by atoms with E-state index >= 15 is 0 Å². The van der Waals surface area contributed by atoms with E-state index in [1.54, 1.807) is 6.07 Å². The highest BCUT2D eigenvalue weighted by Gasteiger charge is 2.11. The summed E-state index contributed by atoms with van der Waals surface area (Å²) < 4.78 is 13.7. The van der Waals surface area contributed by atoms with Crippen LogP contribution in [0, 0.1) is 5.82 Å². The summed E-state index contributed by atoms with van der Waals surface area (Å²) in [5.74, 6) is -0.262. The lowest BCUT2D eigenvalue weighted by Gasteiger charge is -2.13. The standard InChI is InChI=1S/C11H16BrFN2/c12-11-8(4-3-5-9(11)13)10(15)6-1-2-7-14/h3-5,10H,1-2,6-7,14-15H2/t10-/m1/s1. The molecule has 0 heterocycles. The second-order valence-electron chi connectivity index (χ2n) is 3.53. The molecular weight excluding hydrogens is 259 g/mol. The molecule has 0 bridgehead atoms. The van der Waals surface area contributed by atoms with Crippen molar-refractivity contribution < 1.29 is 4.39 Å². The monoisotopic (exact) mass is 274 g/mol. The van der Waals surface area contributed by atoms with E-state index in [1.165, 1.54) is 6.07 Å². The van der Waals surface area contributed by atoms with Gasteiger partial charge >= 0.3 is 0 Å². The third-order valence-electron chi connectivity index (χ3n) is 2.35. The molecule has 0 aromatic heterocycles. The van der Waals surface area contributed by atoms with Crippen molar-refractivity contribution in [1.29, 1.82) is 0 Å². The largest absolute Gasteiger partial charge is 0.330 e. The zero-order chi connectivity index (χ0) is 11.3. The average Bonchev–Trinajstić information content (AvgIpc) is 2.22. The Kier molecular flexibility index (Phi) is 5.22. The van der Waals surface area contributed by atoms with E-state index < -0.39 is 0 Å². The van der Waals surface area contributed by atoms with Gasteiger partial charge in [-0.25, -0.2) is 4.39 Å². The zero-order valence-corrected chi connectivity index (χ0v) is 10.1. The van der Waals surface area contributed by atoms with Crippen LogP contribution < -0.4 is 11.5 Å². The van der Waals surface area contributed by atoms with Crippen LogP contribution in [0.5, 0.6) is 0 Å². The Morgan fingerprint density at radius 2 is 2.07 bits per heavy atom. The third kappa shape index (κ3) is 3.55. The summed E-state index contributed by atoms with van der Waals surface area (Å²) in [5, 5.41) is 0. The molecule has 0 saturated heterocycles. The topological polar surface area (TPSA) is 52.0 Å². The fourth-order valence-corrected chi connectivity index (χ4v) is 2.03. The van der Waals surface area contributed by atoms with Crippen molar-refractivity contribution in [3.05, 3.63) is 34.1 Å². The first-order valence-electron chi connectivity index (χ1n) is 5.06. The molecule has 0 amide bonds. The van der Waals surface area contributed by atoms with Gasteiger partial charge in [0.1, 0.15) is 5.82 Å². The molecular formula is C11H16BrFN2. The molecule has 84 valence electrons. The number of benzene rings is 1. The van der Waals surface area contributed by atoms with Crippen LogP contribution in [-0.2, 0) is 0 Å². The quantitative estimate of drug-likeness (QED) is 0.812. The zero-order valence-electron chi connectivity index (χ0n) is 8.55. The van der Waals surface area contributed by atoms with E-state index in [0.717, 1.165) is 24.8 Å². The SMILES string of the molecule is NCCCC[C@@H](N)c1cccc(F)c1Br. The maximum atomic E-state index is 13.2. The smallest absolute Gasteiger partial charge is 0.137 e. The molecule has 0 aliphatic heterocycles. The lowest BCUT2D eigenvalue weighted by atomic mass is 10.0. The minimum Gasteiger partial charge on any atom is -0.330 e. The van der Waals surface area contributed by atoms with Crippen LogP contribution in [0.3, 0.4) is 0 Å². The number of hydrogen-bond acceptors (Lipinski definition) is 2. The summed E-state index contributed by atoms with van der Waals surface area (Å²) >= 11 is 3.21. The average molecular weight is 275 g/mol. The van der Waals surface area contributed by atoms with Crippen LogP contribution in [0.4, 0.5) is 4.39 Å². The second kappa shape index (κ2) is 6.20. The summed E-state index contributed by atoms with van der Waals surface area (Å²) in [6.07, 6.45) is 2.76. The summed E-state index contributed by atoms with van der Waals surface area (Å²) in [4.78, 5) is 0. The Labute approximate surface area is 98.0 Å². The molecule has 4 heteroatoms. The molecule has 0 aliphatic rings. The summed E-state index contributed by atoms with van der Waals surface area (Å²) in [5.41, 5.74) is 12.2. The number of unbranched alkanes of at least 4 members (excludes halogenated alkanes) is 1. The molecule has 0 saturated carbocycles. The number of halogens is 2. The van der Waals surface area contributed by atoms with E-state index in [4.69, 9.17) is 11.5 Å². The molecule has 15 heavy (non-hydrogen) atoms. The highest BCUT2D eigenvalue weighted by atomic mass is 79.9. The fraction of sp³-hybridized carbons (Fsp3) is 0.455. The molecule has 1 atom stereocenters.